The highest BCUT2D eigenvalue weighted by Gasteiger charge is 2.40. The first-order valence-corrected chi connectivity index (χ1v) is 8.28. The van der Waals surface area contributed by atoms with Gasteiger partial charge in [0.25, 0.3) is 0 Å². The van der Waals surface area contributed by atoms with Crippen molar-refractivity contribution in [3.05, 3.63) is 70.5 Å². The van der Waals surface area contributed by atoms with Gasteiger partial charge in [-0.05, 0) is 61.3 Å². The first-order chi connectivity index (χ1) is 11.1. The number of hydrogen-bond donors (Lipinski definition) is 0. The fourth-order valence-corrected chi connectivity index (χ4v) is 4.12. The van der Waals surface area contributed by atoms with Gasteiger partial charge in [-0.2, -0.15) is 0 Å². The van der Waals surface area contributed by atoms with Crippen molar-refractivity contribution >= 4 is 0 Å². The van der Waals surface area contributed by atoms with Gasteiger partial charge < -0.3 is 9.64 Å². The lowest BCUT2D eigenvalue weighted by Gasteiger charge is -2.20. The van der Waals surface area contributed by atoms with Gasteiger partial charge >= 0.3 is 0 Å². The van der Waals surface area contributed by atoms with E-state index in [1.54, 1.807) is 12.1 Å². The third-order valence-corrected chi connectivity index (χ3v) is 5.04. The Labute approximate surface area is 136 Å². The van der Waals surface area contributed by atoms with Gasteiger partial charge in [-0.25, -0.2) is 4.39 Å². The summed E-state index contributed by atoms with van der Waals surface area (Å²) in [6.45, 7) is 0.903. The number of nitrogens with zero attached hydrogens (tertiary/aromatic N) is 1. The van der Waals surface area contributed by atoms with Crippen LogP contribution in [0.15, 0.2) is 42.5 Å². The summed E-state index contributed by atoms with van der Waals surface area (Å²) >= 11 is 0. The zero-order valence-corrected chi connectivity index (χ0v) is 13.6. The van der Waals surface area contributed by atoms with Gasteiger partial charge in [0.1, 0.15) is 5.82 Å². The molecule has 1 aliphatic carbocycles. The van der Waals surface area contributed by atoms with Gasteiger partial charge in [0.15, 0.2) is 0 Å². The molecule has 2 aromatic carbocycles. The molecule has 23 heavy (non-hydrogen) atoms. The second kappa shape index (κ2) is 5.73. The van der Waals surface area contributed by atoms with Gasteiger partial charge in [0.2, 0.25) is 0 Å². The molecule has 2 aromatic rings. The molecular weight excluding hydrogens is 289 g/mol. The first kappa shape index (κ1) is 14.9. The Morgan fingerprint density at radius 1 is 1.09 bits per heavy atom. The molecule has 0 bridgehead atoms. The maximum Gasteiger partial charge on any atom is 0.123 e. The van der Waals surface area contributed by atoms with Crippen molar-refractivity contribution in [2.24, 2.45) is 0 Å². The predicted molar refractivity (Wildman–Crippen MR) is 89.2 cm³/mol. The molecule has 1 fully saturated rings. The van der Waals surface area contributed by atoms with E-state index < -0.39 is 0 Å². The largest absolute Gasteiger partial charge is 0.368 e. The molecule has 1 aliphatic heterocycles. The lowest BCUT2D eigenvalue weighted by molar-refractivity contribution is 0.0272. The number of hydrogen-bond acceptors (Lipinski definition) is 2. The monoisotopic (exact) mass is 311 g/mol. The van der Waals surface area contributed by atoms with Gasteiger partial charge in [0.05, 0.1) is 12.2 Å². The molecule has 2 aliphatic rings. The van der Waals surface area contributed by atoms with Crippen molar-refractivity contribution in [3.8, 4) is 0 Å². The quantitative estimate of drug-likeness (QED) is 0.834. The van der Waals surface area contributed by atoms with Crippen molar-refractivity contribution in [2.45, 2.75) is 31.0 Å². The van der Waals surface area contributed by atoms with Crippen LogP contribution in [0.3, 0.4) is 0 Å². The van der Waals surface area contributed by atoms with Crippen LogP contribution in [0.25, 0.3) is 0 Å². The van der Waals surface area contributed by atoms with Crippen molar-refractivity contribution < 1.29 is 9.13 Å². The predicted octanol–water partition coefficient (Wildman–Crippen LogP) is 3.91. The van der Waals surface area contributed by atoms with Crippen LogP contribution in [0.4, 0.5) is 4.39 Å². The second-order valence-corrected chi connectivity index (χ2v) is 7.00. The summed E-state index contributed by atoms with van der Waals surface area (Å²) in [5.41, 5.74) is 4.95. The molecule has 0 saturated carbocycles. The Kier molecular flexibility index (Phi) is 3.70. The summed E-state index contributed by atoms with van der Waals surface area (Å²) in [4.78, 5) is 2.16. The zero-order chi connectivity index (χ0) is 16.0. The average Bonchev–Trinajstić information content (AvgIpc) is 2.87. The van der Waals surface area contributed by atoms with Gasteiger partial charge in [-0.15, -0.1) is 0 Å². The molecule has 2 nitrogen and oxygen atoms in total. The third kappa shape index (κ3) is 2.68. The highest BCUT2D eigenvalue weighted by Crippen LogP contribution is 2.49. The Morgan fingerprint density at radius 3 is 2.70 bits per heavy atom. The number of fused-ring (bicyclic) bond motifs is 5. The zero-order valence-electron chi connectivity index (χ0n) is 13.6. The molecule has 0 radical (unpaired) electrons. The number of halogens is 1. The summed E-state index contributed by atoms with van der Waals surface area (Å²) in [6, 6.07) is 13.8. The van der Waals surface area contributed by atoms with Crippen LogP contribution >= 0.6 is 0 Å². The van der Waals surface area contributed by atoms with Crippen molar-refractivity contribution in [2.75, 3.05) is 20.6 Å². The van der Waals surface area contributed by atoms with Crippen LogP contribution < -0.4 is 0 Å². The van der Waals surface area contributed by atoms with E-state index in [0.29, 0.717) is 0 Å². The van der Waals surface area contributed by atoms with Crippen molar-refractivity contribution in [1.29, 1.82) is 0 Å². The number of rotatable bonds is 2. The van der Waals surface area contributed by atoms with Crippen molar-refractivity contribution in [3.63, 3.8) is 0 Å². The minimum atomic E-state index is -0.149. The number of ether oxygens (including phenoxy) is 1. The molecule has 3 atom stereocenters. The molecule has 0 aromatic heterocycles. The van der Waals surface area contributed by atoms with Crippen molar-refractivity contribution in [1.82, 2.24) is 4.90 Å². The van der Waals surface area contributed by atoms with E-state index in [1.807, 2.05) is 6.07 Å². The SMILES string of the molecule is CN(C)C[C@@H]1C[C@@H]2c3cc(F)ccc3Cc3ccccc3[C@H]2O1. The summed E-state index contributed by atoms with van der Waals surface area (Å²) in [5, 5.41) is 0. The average molecular weight is 311 g/mol. The van der Waals surface area contributed by atoms with E-state index in [4.69, 9.17) is 4.74 Å². The van der Waals surface area contributed by atoms with Gasteiger partial charge in [0, 0.05) is 12.5 Å². The second-order valence-electron chi connectivity index (χ2n) is 7.00. The lowest BCUT2D eigenvalue weighted by atomic mass is 9.87. The standard InChI is InChI=1S/C20H22FNO/c1-22(2)12-16-11-19-18-10-15(21)8-7-14(18)9-13-5-3-4-6-17(13)20(19)23-16/h3-8,10,16,19-20H,9,11-12H2,1-2H3/t16-,19+,20+/m0/s1. The van der Waals surface area contributed by atoms with Crippen LogP contribution in [-0.4, -0.2) is 31.6 Å². The minimum absolute atomic E-state index is 0.0409. The molecular formula is C20H22FNO. The highest BCUT2D eigenvalue weighted by atomic mass is 19.1. The molecule has 1 saturated heterocycles. The van der Waals surface area contributed by atoms with E-state index in [0.717, 1.165) is 24.9 Å². The van der Waals surface area contributed by atoms with Crippen LogP contribution in [-0.2, 0) is 11.2 Å². The van der Waals surface area contributed by atoms with Crippen LogP contribution in [0.2, 0.25) is 0 Å². The van der Waals surface area contributed by atoms with E-state index in [1.165, 1.54) is 16.7 Å². The number of likely N-dealkylation sites (N-methyl/N-ethyl adjacent to an activating group) is 1. The van der Waals surface area contributed by atoms with E-state index in [-0.39, 0.29) is 23.9 Å². The smallest absolute Gasteiger partial charge is 0.123 e. The highest BCUT2D eigenvalue weighted by molar-refractivity contribution is 5.45. The van der Waals surface area contributed by atoms with Gasteiger partial charge in [-0.3, -0.25) is 0 Å². The first-order valence-electron chi connectivity index (χ1n) is 8.28. The summed E-state index contributed by atoms with van der Waals surface area (Å²) in [6.07, 6.45) is 2.05. The molecule has 0 unspecified atom stereocenters. The van der Waals surface area contributed by atoms with E-state index in [9.17, 15) is 4.39 Å². The molecule has 120 valence electrons. The molecule has 0 N–H and O–H groups in total. The van der Waals surface area contributed by atoms with Crippen LogP contribution in [0.5, 0.6) is 0 Å². The third-order valence-electron chi connectivity index (χ3n) is 5.04. The molecule has 4 rings (SSSR count). The molecule has 1 heterocycles. The molecule has 0 spiro atoms. The fourth-order valence-electron chi connectivity index (χ4n) is 4.12. The minimum Gasteiger partial charge on any atom is -0.368 e. The Morgan fingerprint density at radius 2 is 1.87 bits per heavy atom. The van der Waals surface area contributed by atoms with E-state index >= 15 is 0 Å². The summed E-state index contributed by atoms with van der Waals surface area (Å²) < 4.78 is 20.3. The topological polar surface area (TPSA) is 12.5 Å². The van der Waals surface area contributed by atoms with Crippen LogP contribution in [0.1, 0.15) is 40.7 Å². The van der Waals surface area contributed by atoms with Gasteiger partial charge in [-0.1, -0.05) is 30.3 Å². The fraction of sp³-hybridized carbons (Fsp3) is 0.400. The van der Waals surface area contributed by atoms with E-state index in [2.05, 4.69) is 43.3 Å². The lowest BCUT2D eigenvalue weighted by Crippen LogP contribution is -2.25. The Balaban J connectivity index is 1.80. The Hall–Kier alpha value is -1.71. The molecule has 0 amide bonds. The normalized spacial score (nSPS) is 25.7. The Bertz CT molecular complexity index is 727. The van der Waals surface area contributed by atoms with Crippen LogP contribution in [0, 0.1) is 5.82 Å². The summed E-state index contributed by atoms with van der Waals surface area (Å²) in [5.74, 6) is 0.0961. The number of benzene rings is 2. The molecule has 3 heteroatoms. The summed E-state index contributed by atoms with van der Waals surface area (Å²) in [7, 11) is 4.14. The maximum atomic E-state index is 13.9. The maximum absolute atomic E-state index is 13.9.